The van der Waals surface area contributed by atoms with Crippen molar-refractivity contribution in [1.82, 2.24) is 32.2 Å². The average molecular weight is 667 g/mol. The summed E-state index contributed by atoms with van der Waals surface area (Å²) >= 11 is 0. The van der Waals surface area contributed by atoms with Crippen LogP contribution in [0.2, 0.25) is 0 Å². The van der Waals surface area contributed by atoms with E-state index in [9.17, 15) is 28.8 Å². The summed E-state index contributed by atoms with van der Waals surface area (Å²) in [5.74, 6) is -2.55. The Morgan fingerprint density at radius 2 is 1.20 bits per heavy atom. The van der Waals surface area contributed by atoms with Gasteiger partial charge in [-0.2, -0.15) is 0 Å². The van der Waals surface area contributed by atoms with Crippen LogP contribution in [0.15, 0.2) is 0 Å². The second-order valence-electron chi connectivity index (χ2n) is 9.94. The summed E-state index contributed by atoms with van der Waals surface area (Å²) in [5.41, 5.74) is 4.60. The molecule has 0 radical (unpaired) electrons. The largest absolute Gasteiger partial charge is 0.378 e. The lowest BCUT2D eigenvalue weighted by Gasteiger charge is -2.41. The van der Waals surface area contributed by atoms with Crippen molar-refractivity contribution in [2.24, 2.45) is 0 Å². The van der Waals surface area contributed by atoms with E-state index in [0.29, 0.717) is 32.7 Å². The number of ketones is 3. The molecule has 1 rings (SSSR count). The van der Waals surface area contributed by atoms with Gasteiger partial charge in [0, 0.05) is 37.5 Å². The molecule has 1 aliphatic carbocycles. The van der Waals surface area contributed by atoms with Crippen LogP contribution in [0, 0.1) is 0 Å². The van der Waals surface area contributed by atoms with Gasteiger partial charge in [0.2, 0.25) is 5.91 Å². The third-order valence-electron chi connectivity index (χ3n) is 6.43. The minimum absolute atomic E-state index is 0.144. The average Bonchev–Trinajstić information content (AvgIpc) is 2.99. The summed E-state index contributed by atoms with van der Waals surface area (Å²) < 4.78 is 10.8. The van der Waals surface area contributed by atoms with E-state index in [4.69, 9.17) is 19.1 Å². The van der Waals surface area contributed by atoms with Crippen LogP contribution >= 0.6 is 18.5 Å². The van der Waals surface area contributed by atoms with E-state index in [-0.39, 0.29) is 80.8 Å². The van der Waals surface area contributed by atoms with E-state index >= 15 is 0 Å². The van der Waals surface area contributed by atoms with Gasteiger partial charge in [0.15, 0.2) is 11.6 Å². The van der Waals surface area contributed by atoms with E-state index in [2.05, 4.69) is 50.7 Å². The number of hydrogen-bond donors (Lipinski definition) is 6. The summed E-state index contributed by atoms with van der Waals surface area (Å²) in [6, 6.07) is -2.42. The first-order valence-corrected chi connectivity index (χ1v) is 16.1. The number of amides is 1. The van der Waals surface area contributed by atoms with Gasteiger partial charge in [0.05, 0.1) is 64.4 Å². The molecular formula is C26H48N6O10P2. The Labute approximate surface area is 262 Å². The molecule has 0 bridgehead atoms. The highest BCUT2D eigenvalue weighted by atomic mass is 31.0. The topological polar surface area (TPSA) is 212 Å². The van der Waals surface area contributed by atoms with E-state index in [0.717, 1.165) is 6.54 Å². The Morgan fingerprint density at radius 1 is 0.727 bits per heavy atom. The molecule has 6 N–H and O–H groups in total. The van der Waals surface area contributed by atoms with E-state index in [1.165, 1.54) is 6.92 Å². The van der Waals surface area contributed by atoms with Gasteiger partial charge < -0.3 is 40.4 Å². The number of nitrogens with one attached hydrogen (secondary N) is 6. The third kappa shape index (κ3) is 18.1. The highest BCUT2D eigenvalue weighted by molar-refractivity contribution is 7.18. The molecule has 252 valence electrons. The van der Waals surface area contributed by atoms with Gasteiger partial charge in [0.25, 0.3) is 0 Å². The van der Waals surface area contributed by atoms with Crippen LogP contribution in [0.3, 0.4) is 0 Å². The molecule has 6 atom stereocenters. The Balaban J connectivity index is 2.67. The standard InChI is InChI=1S/C26H48N6O10P2/c1-17(33)22(11-24(36)41-29-13-18(34)15-43)31-20-3-4-21(20)32-23(12-25(37)42-30-14-19(35)16-44)26(38)28-6-8-40-10-9-39-7-5-27-2/h20-23,27,29-32H,3-16,43-44H2,1-2H3,(H,28,38)/t20?,21?,22-,23-/m0/s1. The van der Waals surface area contributed by atoms with Crippen molar-refractivity contribution in [3.8, 4) is 0 Å². The molecule has 16 nitrogen and oxygen atoms in total. The summed E-state index contributed by atoms with van der Waals surface area (Å²) in [6.07, 6.45) is 1.11. The minimum Gasteiger partial charge on any atom is -0.378 e. The fourth-order valence-corrected chi connectivity index (χ4v) is 4.07. The van der Waals surface area contributed by atoms with E-state index < -0.39 is 29.9 Å². The van der Waals surface area contributed by atoms with Crippen LogP contribution in [0.5, 0.6) is 0 Å². The Morgan fingerprint density at radius 3 is 1.66 bits per heavy atom. The number of carbonyl (C=O) groups is 6. The summed E-state index contributed by atoms with van der Waals surface area (Å²) in [6.45, 7) is 3.54. The molecule has 0 aromatic heterocycles. The van der Waals surface area contributed by atoms with Gasteiger partial charge >= 0.3 is 11.9 Å². The Kier molecular flexibility index (Phi) is 22.1. The van der Waals surface area contributed by atoms with E-state index in [1.807, 2.05) is 7.05 Å². The number of Topliss-reactive ketones (excluding diaryl/α,β-unsaturated/α-hetero) is 3. The molecule has 18 heteroatoms. The summed E-state index contributed by atoms with van der Waals surface area (Å²) in [4.78, 5) is 82.5. The van der Waals surface area contributed by atoms with Crippen LogP contribution in [0.25, 0.3) is 0 Å². The molecule has 0 aromatic carbocycles. The van der Waals surface area contributed by atoms with Crippen LogP contribution in [0.1, 0.15) is 32.6 Å². The molecule has 1 saturated carbocycles. The number of likely N-dealkylation sites (N-methyl/N-ethyl adjacent to an activating group) is 1. The number of ether oxygens (including phenoxy) is 2. The third-order valence-corrected chi connectivity index (χ3v) is 7.34. The maximum Gasteiger partial charge on any atom is 0.326 e. The Hall–Kier alpha value is -2.00. The maximum absolute atomic E-state index is 13.0. The van der Waals surface area contributed by atoms with Crippen LogP contribution in [0.4, 0.5) is 0 Å². The lowest BCUT2D eigenvalue weighted by atomic mass is 9.84. The van der Waals surface area contributed by atoms with Gasteiger partial charge in [-0.25, -0.2) is 0 Å². The van der Waals surface area contributed by atoms with Crippen molar-refractivity contribution in [1.29, 1.82) is 0 Å². The Bertz CT molecular complexity index is 932. The monoisotopic (exact) mass is 666 g/mol. The number of carbonyl (C=O) groups excluding carboxylic acids is 6. The molecule has 44 heavy (non-hydrogen) atoms. The van der Waals surface area contributed by atoms with Crippen LogP contribution in [-0.2, 0) is 47.9 Å². The molecule has 4 unspecified atom stereocenters. The van der Waals surface area contributed by atoms with Gasteiger partial charge in [0.1, 0.15) is 5.78 Å². The number of rotatable bonds is 27. The lowest BCUT2D eigenvalue weighted by molar-refractivity contribution is -0.154. The van der Waals surface area contributed by atoms with Crippen molar-refractivity contribution in [3.05, 3.63) is 0 Å². The first-order valence-electron chi connectivity index (χ1n) is 14.5. The molecule has 0 heterocycles. The number of hydroxylamine groups is 2. The zero-order valence-electron chi connectivity index (χ0n) is 25.4. The van der Waals surface area contributed by atoms with Crippen molar-refractivity contribution in [3.63, 3.8) is 0 Å². The van der Waals surface area contributed by atoms with Gasteiger partial charge in [-0.1, -0.05) is 0 Å². The van der Waals surface area contributed by atoms with Crippen molar-refractivity contribution >= 4 is 53.7 Å². The van der Waals surface area contributed by atoms with Crippen LogP contribution in [-0.4, -0.2) is 131 Å². The molecule has 1 fully saturated rings. The quantitative estimate of drug-likeness (QED) is 0.0296. The molecule has 1 amide bonds. The summed E-state index contributed by atoms with van der Waals surface area (Å²) in [7, 11) is 6.38. The zero-order valence-corrected chi connectivity index (χ0v) is 27.8. The van der Waals surface area contributed by atoms with Crippen molar-refractivity contribution < 1.29 is 47.9 Å². The van der Waals surface area contributed by atoms with Gasteiger partial charge in [-0.05, 0) is 26.8 Å². The smallest absolute Gasteiger partial charge is 0.326 e. The summed E-state index contributed by atoms with van der Waals surface area (Å²) in [5, 5.41) is 12.0. The zero-order chi connectivity index (χ0) is 32.7. The lowest BCUT2D eigenvalue weighted by Crippen LogP contribution is -2.63. The predicted octanol–water partition coefficient (Wildman–Crippen LogP) is -2.84. The maximum atomic E-state index is 13.0. The minimum atomic E-state index is -0.986. The van der Waals surface area contributed by atoms with Crippen LogP contribution < -0.4 is 32.2 Å². The van der Waals surface area contributed by atoms with Crippen molar-refractivity contribution in [2.45, 2.75) is 56.8 Å². The molecule has 0 spiro atoms. The second-order valence-corrected chi connectivity index (χ2v) is 10.8. The molecule has 1 aliphatic rings. The first-order chi connectivity index (χ1) is 21.1. The molecule has 0 aliphatic heterocycles. The van der Waals surface area contributed by atoms with Gasteiger partial charge in [-0.15, -0.1) is 29.4 Å². The fourth-order valence-electron chi connectivity index (χ4n) is 3.78. The number of hydrogen-bond acceptors (Lipinski definition) is 15. The predicted molar refractivity (Wildman–Crippen MR) is 167 cm³/mol. The fraction of sp³-hybridized carbons (Fsp3) is 0.769. The van der Waals surface area contributed by atoms with Crippen molar-refractivity contribution in [2.75, 3.05) is 72.0 Å². The highest BCUT2D eigenvalue weighted by Gasteiger charge is 2.37. The van der Waals surface area contributed by atoms with Gasteiger partial charge in [-0.3, -0.25) is 28.8 Å². The second kappa shape index (κ2) is 24.3. The first kappa shape index (κ1) is 40.0. The highest BCUT2D eigenvalue weighted by Crippen LogP contribution is 2.22. The SMILES string of the molecule is CNCCOCCOCCNC(=O)[C@H](CC(=O)ONCC(=O)CP)NC1CCC1N[C@@H](CC(=O)ONCC(=O)CP)C(C)=O. The molecule has 0 saturated heterocycles. The normalized spacial score (nSPS) is 17.2. The molecule has 0 aromatic rings. The molecular weight excluding hydrogens is 618 g/mol. The van der Waals surface area contributed by atoms with E-state index in [1.54, 1.807) is 0 Å².